The molecule has 1 atom stereocenters. The second kappa shape index (κ2) is 9.00. The van der Waals surface area contributed by atoms with Crippen LogP contribution >= 0.6 is 0 Å². The van der Waals surface area contributed by atoms with Gasteiger partial charge in [0.2, 0.25) is 5.91 Å². The van der Waals surface area contributed by atoms with Crippen LogP contribution in [0.3, 0.4) is 0 Å². The normalized spacial score (nSPS) is 13.6. The molecule has 1 heterocycles. The van der Waals surface area contributed by atoms with Gasteiger partial charge in [-0.25, -0.2) is 4.39 Å². The summed E-state index contributed by atoms with van der Waals surface area (Å²) in [6.07, 6.45) is 0.0336. The number of para-hydroxylation sites is 2. The fraction of sp³-hybridized carbons (Fsp3) is 0.200. The Bertz CT molecular complexity index is 1100. The highest BCUT2D eigenvalue weighted by Crippen LogP contribution is 2.34. The van der Waals surface area contributed by atoms with Crippen molar-refractivity contribution in [3.63, 3.8) is 0 Å². The van der Waals surface area contributed by atoms with Crippen LogP contribution in [0.4, 0.5) is 10.1 Å². The fourth-order valence-electron chi connectivity index (χ4n) is 3.85. The molecule has 0 aliphatic carbocycles. The molecule has 3 aromatic carbocycles. The van der Waals surface area contributed by atoms with Gasteiger partial charge >= 0.3 is 0 Å². The zero-order valence-electron chi connectivity index (χ0n) is 17.2. The van der Waals surface area contributed by atoms with Gasteiger partial charge < -0.3 is 15.0 Å². The zero-order valence-corrected chi connectivity index (χ0v) is 17.2. The highest BCUT2D eigenvalue weighted by Gasteiger charge is 2.34. The molecule has 158 valence electrons. The predicted molar refractivity (Wildman–Crippen MR) is 116 cm³/mol. The Morgan fingerprint density at radius 2 is 1.77 bits per heavy atom. The summed E-state index contributed by atoms with van der Waals surface area (Å²) in [5.41, 5.74) is 2.83. The number of carbonyl (C=O) groups is 2. The van der Waals surface area contributed by atoms with Crippen molar-refractivity contribution >= 4 is 17.5 Å². The van der Waals surface area contributed by atoms with E-state index >= 15 is 0 Å². The zero-order chi connectivity index (χ0) is 21.8. The maximum absolute atomic E-state index is 13.5. The molecule has 31 heavy (non-hydrogen) atoms. The van der Waals surface area contributed by atoms with E-state index in [9.17, 15) is 14.0 Å². The van der Waals surface area contributed by atoms with E-state index in [1.807, 2.05) is 37.3 Å². The van der Waals surface area contributed by atoms with Crippen molar-refractivity contribution in [2.75, 3.05) is 11.9 Å². The molecule has 4 rings (SSSR count). The van der Waals surface area contributed by atoms with Crippen molar-refractivity contribution in [3.8, 4) is 5.75 Å². The van der Waals surface area contributed by atoms with E-state index < -0.39 is 6.04 Å². The summed E-state index contributed by atoms with van der Waals surface area (Å²) in [5.74, 6) is -0.173. The highest BCUT2D eigenvalue weighted by molar-refractivity contribution is 5.99. The predicted octanol–water partition coefficient (Wildman–Crippen LogP) is 4.95. The number of hydrogen-bond acceptors (Lipinski definition) is 3. The van der Waals surface area contributed by atoms with Gasteiger partial charge in [0.1, 0.15) is 11.6 Å². The first-order chi connectivity index (χ1) is 15.1. The summed E-state index contributed by atoms with van der Waals surface area (Å²) in [5, 5.41) is 2.89. The summed E-state index contributed by atoms with van der Waals surface area (Å²) >= 11 is 0. The molecule has 1 aliphatic rings. The average molecular weight is 418 g/mol. The maximum Gasteiger partial charge on any atom is 0.255 e. The third-order valence-corrected chi connectivity index (χ3v) is 5.32. The maximum atomic E-state index is 13.5. The first-order valence-electron chi connectivity index (χ1n) is 10.2. The molecule has 0 bridgehead atoms. The molecule has 0 saturated heterocycles. The van der Waals surface area contributed by atoms with Gasteiger partial charge in [-0.3, -0.25) is 9.59 Å². The van der Waals surface area contributed by atoms with Gasteiger partial charge in [-0.2, -0.15) is 0 Å². The summed E-state index contributed by atoms with van der Waals surface area (Å²) < 4.78 is 19.1. The molecule has 0 spiro atoms. The fourth-order valence-corrected chi connectivity index (χ4v) is 3.85. The number of ether oxygens (including phenoxy) is 1. The molecule has 0 unspecified atom stereocenters. The van der Waals surface area contributed by atoms with E-state index in [1.54, 1.807) is 35.2 Å². The minimum absolute atomic E-state index is 0.0336. The topological polar surface area (TPSA) is 58.6 Å². The smallest absolute Gasteiger partial charge is 0.255 e. The molecule has 2 amide bonds. The number of hydrogen-bond donors (Lipinski definition) is 1. The van der Waals surface area contributed by atoms with Crippen LogP contribution in [0.5, 0.6) is 5.75 Å². The first kappa shape index (κ1) is 20.6. The minimum Gasteiger partial charge on any atom is -0.492 e. The summed E-state index contributed by atoms with van der Waals surface area (Å²) in [6.45, 7) is 2.76. The molecular formula is C25H23FN2O3. The first-order valence-corrected chi connectivity index (χ1v) is 10.2. The summed E-state index contributed by atoms with van der Waals surface area (Å²) in [6, 6.07) is 20.0. The molecule has 0 radical (unpaired) electrons. The number of rotatable bonds is 7. The number of nitrogens with zero attached hydrogens (tertiary/aromatic N) is 1. The molecule has 1 aliphatic heterocycles. The summed E-state index contributed by atoms with van der Waals surface area (Å²) in [4.78, 5) is 27.7. The minimum atomic E-state index is -0.528. The van der Waals surface area contributed by atoms with Gasteiger partial charge in [0.05, 0.1) is 24.8 Å². The number of fused-ring (bicyclic) bond motifs is 1. The lowest BCUT2D eigenvalue weighted by atomic mass is 10.0. The highest BCUT2D eigenvalue weighted by atomic mass is 19.1. The van der Waals surface area contributed by atoms with Crippen LogP contribution in [0, 0.1) is 5.82 Å². The Labute approximate surface area is 180 Å². The van der Waals surface area contributed by atoms with Crippen LogP contribution in [0.25, 0.3) is 0 Å². The second-order valence-corrected chi connectivity index (χ2v) is 7.34. The third kappa shape index (κ3) is 4.43. The van der Waals surface area contributed by atoms with Gasteiger partial charge in [0.15, 0.2) is 0 Å². The van der Waals surface area contributed by atoms with Gasteiger partial charge in [-0.15, -0.1) is 0 Å². The average Bonchev–Trinajstić information content (AvgIpc) is 3.11. The molecule has 6 heteroatoms. The lowest BCUT2D eigenvalue weighted by molar-refractivity contribution is -0.117. The van der Waals surface area contributed by atoms with E-state index in [2.05, 4.69) is 5.32 Å². The standard InChI is InChI=1S/C25H23FN2O3/c1-2-31-23-10-6-5-9-21(23)27-24(29)15-22(17-11-13-19(26)14-12-17)28-16-18-7-3-4-8-20(18)25(28)30/h3-14,22H,2,15-16H2,1H3,(H,27,29)/t22-/m1/s1. The molecule has 1 N–H and O–H groups in total. The van der Waals surface area contributed by atoms with Gasteiger partial charge in [0.25, 0.3) is 5.91 Å². The van der Waals surface area contributed by atoms with Crippen molar-refractivity contribution in [2.45, 2.75) is 25.9 Å². The Balaban J connectivity index is 1.59. The van der Waals surface area contributed by atoms with Gasteiger partial charge in [0, 0.05) is 12.1 Å². The summed E-state index contributed by atoms with van der Waals surface area (Å²) in [7, 11) is 0. The Morgan fingerprint density at radius 1 is 1.06 bits per heavy atom. The molecule has 0 aromatic heterocycles. The number of benzene rings is 3. The van der Waals surface area contributed by atoms with E-state index in [0.29, 0.717) is 35.7 Å². The molecule has 0 fully saturated rings. The van der Waals surface area contributed by atoms with Crippen molar-refractivity contribution < 1.29 is 18.7 Å². The number of amides is 2. The van der Waals surface area contributed by atoms with Gasteiger partial charge in [-0.1, -0.05) is 42.5 Å². The van der Waals surface area contributed by atoms with Crippen LogP contribution in [0.2, 0.25) is 0 Å². The Hall–Kier alpha value is -3.67. The second-order valence-electron chi connectivity index (χ2n) is 7.34. The SMILES string of the molecule is CCOc1ccccc1NC(=O)C[C@H](c1ccc(F)cc1)N1Cc2ccccc2C1=O. The number of halogens is 1. The van der Waals surface area contributed by atoms with Crippen LogP contribution in [-0.2, 0) is 11.3 Å². The van der Waals surface area contributed by atoms with E-state index in [4.69, 9.17) is 4.74 Å². The monoisotopic (exact) mass is 418 g/mol. The van der Waals surface area contributed by atoms with Crippen LogP contribution in [-0.4, -0.2) is 23.3 Å². The van der Waals surface area contributed by atoms with Crippen LogP contribution in [0.15, 0.2) is 72.8 Å². The molecule has 3 aromatic rings. The van der Waals surface area contributed by atoms with E-state index in [-0.39, 0.29) is 24.1 Å². The molecular weight excluding hydrogens is 395 g/mol. The van der Waals surface area contributed by atoms with E-state index in [0.717, 1.165) is 5.56 Å². The number of carbonyl (C=O) groups excluding carboxylic acids is 2. The quantitative estimate of drug-likeness (QED) is 0.591. The van der Waals surface area contributed by atoms with Gasteiger partial charge in [-0.05, 0) is 48.4 Å². The Kier molecular flexibility index (Phi) is 5.98. The lowest BCUT2D eigenvalue weighted by Gasteiger charge is -2.28. The van der Waals surface area contributed by atoms with Crippen molar-refractivity contribution in [1.29, 1.82) is 0 Å². The largest absolute Gasteiger partial charge is 0.492 e. The van der Waals surface area contributed by atoms with Crippen molar-refractivity contribution in [3.05, 3.63) is 95.3 Å². The molecule has 0 saturated carbocycles. The Morgan fingerprint density at radius 3 is 2.52 bits per heavy atom. The third-order valence-electron chi connectivity index (χ3n) is 5.32. The van der Waals surface area contributed by atoms with Crippen molar-refractivity contribution in [2.24, 2.45) is 0 Å². The van der Waals surface area contributed by atoms with E-state index in [1.165, 1.54) is 12.1 Å². The number of nitrogens with one attached hydrogen (secondary N) is 1. The number of anilines is 1. The lowest BCUT2D eigenvalue weighted by Crippen LogP contribution is -2.32. The van der Waals surface area contributed by atoms with Crippen LogP contribution < -0.4 is 10.1 Å². The van der Waals surface area contributed by atoms with Crippen LogP contribution in [0.1, 0.15) is 40.9 Å². The van der Waals surface area contributed by atoms with Crippen molar-refractivity contribution in [1.82, 2.24) is 4.90 Å². The molecule has 5 nitrogen and oxygen atoms in total.